The van der Waals surface area contributed by atoms with Crippen molar-refractivity contribution in [1.82, 2.24) is 0 Å². The molecule has 0 aliphatic carbocycles. The maximum atomic E-state index is 9.91. The van der Waals surface area contributed by atoms with Crippen LogP contribution in [-0.4, -0.2) is 11.3 Å². The van der Waals surface area contributed by atoms with Crippen molar-refractivity contribution in [2.24, 2.45) is 5.73 Å². The molecule has 3 N–H and O–H groups in total. The van der Waals surface area contributed by atoms with Gasteiger partial charge in [0.05, 0.1) is 0 Å². The van der Waals surface area contributed by atoms with Crippen LogP contribution in [0.2, 0.25) is 0 Å². The smallest absolute Gasteiger partial charge is 0.302 e. The van der Waals surface area contributed by atoms with E-state index in [1.807, 2.05) is 0 Å². The number of hydrogen-bond donors (Lipinski definition) is 2. The van der Waals surface area contributed by atoms with Gasteiger partial charge in [-0.1, -0.05) is 0 Å². The Kier molecular flexibility index (Phi) is 0.948. The molecule has 0 spiro atoms. The van der Waals surface area contributed by atoms with Crippen molar-refractivity contribution in [3.8, 4) is 0 Å². The fourth-order valence-corrected chi connectivity index (χ4v) is 0.811. The molecule has 0 unspecified atom stereocenters. The number of rotatable bonds is 0. The Hall–Kier alpha value is 0.0700. The summed E-state index contributed by atoms with van der Waals surface area (Å²) in [6.45, 7) is 0. The predicted octanol–water partition coefficient (Wildman–Crippen LogP) is -0.624. The summed E-state index contributed by atoms with van der Waals surface area (Å²) in [5.74, 6) is 0. The van der Waals surface area contributed by atoms with Crippen LogP contribution in [0.1, 0.15) is 0 Å². The molecule has 1 aliphatic heterocycles. The van der Waals surface area contributed by atoms with E-state index < -0.39 is 14.2 Å². The summed E-state index contributed by atoms with van der Waals surface area (Å²) in [7, 11) is -3.65. The van der Waals surface area contributed by atoms with Crippen LogP contribution in [0.25, 0.3) is 0 Å². The minimum Gasteiger partial charge on any atom is -0.302 e. The molecule has 1 fully saturated rings. The Morgan fingerprint density at radius 3 is 2.14 bits per heavy atom. The minimum atomic E-state index is -3.65. The summed E-state index contributed by atoms with van der Waals surface area (Å²) in [6.07, 6.45) is -1.00. The van der Waals surface area contributed by atoms with Crippen LogP contribution in [0.15, 0.2) is 0 Å². The highest BCUT2D eigenvalue weighted by molar-refractivity contribution is 7.48. The monoisotopic (exact) mass is 125 g/mol. The van der Waals surface area contributed by atoms with Crippen LogP contribution in [0, 0.1) is 0 Å². The zero-order chi connectivity index (χ0) is 5.49. The van der Waals surface area contributed by atoms with Crippen molar-refractivity contribution >= 4 is 7.82 Å². The topological polar surface area (TPSA) is 81.8 Å². The maximum absolute atomic E-state index is 9.91. The van der Waals surface area contributed by atoms with E-state index in [-0.39, 0.29) is 0 Å². The first-order chi connectivity index (χ1) is 3.10. The number of phosphoric acid groups is 1. The Morgan fingerprint density at radius 1 is 1.71 bits per heavy atom. The zero-order valence-electron chi connectivity index (χ0n) is 3.27. The van der Waals surface area contributed by atoms with Crippen molar-refractivity contribution in [2.45, 2.75) is 6.41 Å². The van der Waals surface area contributed by atoms with E-state index in [0.717, 1.165) is 0 Å². The highest BCUT2D eigenvalue weighted by atomic mass is 31.2. The van der Waals surface area contributed by atoms with Gasteiger partial charge in [-0.25, -0.2) is 13.6 Å². The van der Waals surface area contributed by atoms with Crippen molar-refractivity contribution in [3.05, 3.63) is 0 Å². The Bertz CT molecular complexity index is 113. The molecule has 6 heteroatoms. The average molecular weight is 125 g/mol. The van der Waals surface area contributed by atoms with E-state index >= 15 is 0 Å². The molecule has 1 saturated heterocycles. The molecule has 0 aromatic carbocycles. The van der Waals surface area contributed by atoms with E-state index in [9.17, 15) is 4.57 Å². The SMILES string of the molecule is NC1OP(=O)(O)O1. The lowest BCUT2D eigenvalue weighted by atomic mass is 11.2. The Morgan fingerprint density at radius 2 is 2.14 bits per heavy atom. The summed E-state index contributed by atoms with van der Waals surface area (Å²) in [6, 6.07) is 0. The first kappa shape index (κ1) is 5.21. The van der Waals surface area contributed by atoms with Gasteiger partial charge in [0.1, 0.15) is 0 Å². The molecule has 0 aromatic rings. The second-order valence-corrected chi connectivity index (χ2v) is 2.41. The quantitative estimate of drug-likeness (QED) is 0.421. The fourth-order valence-electron chi connectivity index (χ4n) is 0.270. The predicted molar refractivity (Wildman–Crippen MR) is 20.0 cm³/mol. The second kappa shape index (κ2) is 1.27. The third-order valence-corrected chi connectivity index (χ3v) is 1.42. The molecular formula is CH4NO4P. The molecular weight excluding hydrogens is 121 g/mol. The minimum absolute atomic E-state index is 1.00. The lowest BCUT2D eigenvalue weighted by molar-refractivity contribution is -0.112. The standard InChI is InChI=1S/CH4NO4P/c2-1-5-7(3,4)6-1/h1H,2H2,(H,3,4). The van der Waals surface area contributed by atoms with E-state index in [1.165, 1.54) is 0 Å². The Labute approximate surface area is 39.6 Å². The van der Waals surface area contributed by atoms with E-state index in [1.54, 1.807) is 0 Å². The van der Waals surface area contributed by atoms with Crippen LogP contribution >= 0.6 is 7.82 Å². The van der Waals surface area contributed by atoms with Gasteiger partial charge >= 0.3 is 7.82 Å². The van der Waals surface area contributed by atoms with Crippen molar-refractivity contribution in [1.29, 1.82) is 0 Å². The lowest BCUT2D eigenvalue weighted by Gasteiger charge is -2.26. The van der Waals surface area contributed by atoms with E-state index in [4.69, 9.17) is 10.6 Å². The fraction of sp³-hybridized carbons (Fsp3) is 1.00. The lowest BCUT2D eigenvalue weighted by Crippen LogP contribution is -2.33. The molecule has 0 atom stereocenters. The van der Waals surface area contributed by atoms with Crippen LogP contribution < -0.4 is 5.73 Å². The molecule has 0 radical (unpaired) electrons. The van der Waals surface area contributed by atoms with Crippen molar-refractivity contribution in [3.63, 3.8) is 0 Å². The number of hydrogen-bond acceptors (Lipinski definition) is 4. The summed E-state index contributed by atoms with van der Waals surface area (Å²) in [5, 5.41) is 0. The van der Waals surface area contributed by atoms with Crippen molar-refractivity contribution < 1.29 is 18.5 Å². The summed E-state index contributed by atoms with van der Waals surface area (Å²) >= 11 is 0. The molecule has 1 heterocycles. The number of phosphoric ester groups is 1. The Balaban J connectivity index is 2.44. The molecule has 0 bridgehead atoms. The molecule has 5 nitrogen and oxygen atoms in total. The molecule has 7 heavy (non-hydrogen) atoms. The van der Waals surface area contributed by atoms with Gasteiger partial charge in [0.2, 0.25) is 6.41 Å². The van der Waals surface area contributed by atoms with Crippen LogP contribution in [0.5, 0.6) is 0 Å². The van der Waals surface area contributed by atoms with Crippen LogP contribution in [0.3, 0.4) is 0 Å². The van der Waals surface area contributed by atoms with Crippen LogP contribution in [0.4, 0.5) is 0 Å². The summed E-state index contributed by atoms with van der Waals surface area (Å²) in [4.78, 5) is 8.11. The summed E-state index contributed by atoms with van der Waals surface area (Å²) < 4.78 is 17.9. The molecule has 1 aliphatic rings. The molecule has 0 aromatic heterocycles. The third kappa shape index (κ3) is 0.992. The maximum Gasteiger partial charge on any atom is 0.478 e. The molecule has 0 saturated carbocycles. The van der Waals surface area contributed by atoms with Gasteiger partial charge in [-0.3, -0.25) is 5.73 Å². The van der Waals surface area contributed by atoms with Gasteiger partial charge < -0.3 is 4.89 Å². The van der Waals surface area contributed by atoms with E-state index in [0.29, 0.717) is 0 Å². The highest BCUT2D eigenvalue weighted by Gasteiger charge is 2.38. The van der Waals surface area contributed by atoms with Gasteiger partial charge in [0.15, 0.2) is 0 Å². The largest absolute Gasteiger partial charge is 0.478 e. The second-order valence-electron chi connectivity index (χ2n) is 1.05. The van der Waals surface area contributed by atoms with Gasteiger partial charge in [0, 0.05) is 0 Å². The van der Waals surface area contributed by atoms with E-state index in [2.05, 4.69) is 9.05 Å². The van der Waals surface area contributed by atoms with Gasteiger partial charge in [-0.2, -0.15) is 0 Å². The first-order valence-electron chi connectivity index (χ1n) is 1.55. The summed E-state index contributed by atoms with van der Waals surface area (Å²) in [5.41, 5.74) is 4.78. The van der Waals surface area contributed by atoms with Crippen molar-refractivity contribution in [2.75, 3.05) is 0 Å². The van der Waals surface area contributed by atoms with Gasteiger partial charge in [0.25, 0.3) is 0 Å². The van der Waals surface area contributed by atoms with Gasteiger partial charge in [-0.05, 0) is 0 Å². The zero-order valence-corrected chi connectivity index (χ0v) is 4.17. The normalized spacial score (nSPS) is 50.9. The number of nitrogens with two attached hydrogens (primary N) is 1. The molecule has 0 amide bonds. The average Bonchev–Trinajstić information content (AvgIpc) is 1.27. The molecule has 42 valence electrons. The third-order valence-electron chi connectivity index (χ3n) is 0.474. The van der Waals surface area contributed by atoms with Gasteiger partial charge in [-0.15, -0.1) is 0 Å². The highest BCUT2D eigenvalue weighted by Crippen LogP contribution is 2.53. The first-order valence-corrected chi connectivity index (χ1v) is 3.05. The molecule has 1 rings (SSSR count). The van der Waals surface area contributed by atoms with Crippen LogP contribution in [-0.2, 0) is 13.6 Å².